The first-order valence-electron chi connectivity index (χ1n) is 6.23. The Hall–Kier alpha value is -0.920. The van der Waals surface area contributed by atoms with Crippen molar-refractivity contribution in [3.63, 3.8) is 0 Å². The number of carbonyl (C=O) groups excluding carboxylic acids is 1. The van der Waals surface area contributed by atoms with E-state index in [1.807, 2.05) is 10.3 Å². The van der Waals surface area contributed by atoms with Gasteiger partial charge in [0.1, 0.15) is 0 Å². The molecule has 0 saturated carbocycles. The van der Waals surface area contributed by atoms with Gasteiger partial charge in [0, 0.05) is 19.5 Å². The maximum absolute atomic E-state index is 12.1. The van der Waals surface area contributed by atoms with Crippen LogP contribution in [0.5, 0.6) is 0 Å². The number of carbonyl (C=O) groups is 1. The number of hydrogen-bond acceptors (Lipinski definition) is 4. The van der Waals surface area contributed by atoms with Crippen LogP contribution in [0.15, 0.2) is 16.8 Å². The van der Waals surface area contributed by atoms with Crippen molar-refractivity contribution in [1.82, 2.24) is 9.62 Å². The largest absolute Gasteiger partial charge is 0.336 e. The zero-order chi connectivity index (χ0) is 13.9. The molecule has 0 aliphatic carbocycles. The van der Waals surface area contributed by atoms with Crippen molar-refractivity contribution < 1.29 is 13.2 Å². The first-order chi connectivity index (χ1) is 8.97. The lowest BCUT2D eigenvalue weighted by atomic mass is 10.1. The van der Waals surface area contributed by atoms with E-state index in [-0.39, 0.29) is 24.9 Å². The van der Waals surface area contributed by atoms with E-state index in [2.05, 4.69) is 16.2 Å². The number of amides is 1. The fourth-order valence-corrected chi connectivity index (χ4v) is 3.54. The summed E-state index contributed by atoms with van der Waals surface area (Å²) < 4.78 is 24.3. The molecule has 0 spiro atoms. The smallest absolute Gasteiger partial charge is 0.224 e. The molecule has 2 rings (SSSR count). The summed E-state index contributed by atoms with van der Waals surface area (Å²) in [4.78, 5) is 14.0. The highest BCUT2D eigenvalue weighted by molar-refractivity contribution is 7.88. The second-order valence-electron chi connectivity index (χ2n) is 4.72. The first kappa shape index (κ1) is 14.5. The van der Waals surface area contributed by atoms with Crippen LogP contribution in [0.2, 0.25) is 0 Å². The molecule has 106 valence electrons. The molecule has 0 unspecified atom stereocenters. The minimum atomic E-state index is -3.22. The summed E-state index contributed by atoms with van der Waals surface area (Å²) in [5.74, 6) is 0.0184. The van der Waals surface area contributed by atoms with Gasteiger partial charge in [0.25, 0.3) is 0 Å². The lowest BCUT2D eigenvalue weighted by Crippen LogP contribution is -2.33. The number of sulfonamides is 1. The summed E-state index contributed by atoms with van der Waals surface area (Å²) in [7, 11) is -3.22. The van der Waals surface area contributed by atoms with Gasteiger partial charge in [-0.05, 0) is 35.2 Å². The monoisotopic (exact) mass is 302 g/mol. The van der Waals surface area contributed by atoms with Crippen LogP contribution in [0.25, 0.3) is 0 Å². The van der Waals surface area contributed by atoms with Crippen LogP contribution in [-0.4, -0.2) is 38.6 Å². The van der Waals surface area contributed by atoms with Crippen LogP contribution in [0.1, 0.15) is 30.9 Å². The SMILES string of the molecule is CS(=O)(=O)NCCC(=O)N1CCC[C@@H]1c1ccsc1. The molecule has 5 nitrogen and oxygen atoms in total. The lowest BCUT2D eigenvalue weighted by Gasteiger charge is -2.24. The highest BCUT2D eigenvalue weighted by Crippen LogP contribution is 2.33. The highest BCUT2D eigenvalue weighted by Gasteiger charge is 2.29. The standard InChI is InChI=1S/C12H18N2O3S2/c1-19(16,17)13-6-4-12(15)14-7-2-3-11(14)10-5-8-18-9-10/h5,8-9,11,13H,2-4,6-7H2,1H3/t11-/m1/s1. The van der Waals surface area contributed by atoms with Crippen LogP contribution in [0.3, 0.4) is 0 Å². The highest BCUT2D eigenvalue weighted by atomic mass is 32.2. The maximum Gasteiger partial charge on any atom is 0.224 e. The summed E-state index contributed by atoms with van der Waals surface area (Å²) in [6, 6.07) is 2.22. The molecule has 7 heteroatoms. The predicted molar refractivity (Wildman–Crippen MR) is 75.5 cm³/mol. The van der Waals surface area contributed by atoms with Crippen LogP contribution < -0.4 is 4.72 Å². The second-order valence-corrected chi connectivity index (χ2v) is 7.33. The number of nitrogens with one attached hydrogen (secondary N) is 1. The molecule has 1 amide bonds. The molecule has 0 radical (unpaired) electrons. The predicted octanol–water partition coefficient (Wildman–Crippen LogP) is 1.35. The number of likely N-dealkylation sites (tertiary alicyclic amines) is 1. The number of rotatable bonds is 5. The fourth-order valence-electron chi connectivity index (χ4n) is 2.36. The van der Waals surface area contributed by atoms with E-state index < -0.39 is 10.0 Å². The van der Waals surface area contributed by atoms with Gasteiger partial charge in [-0.2, -0.15) is 11.3 Å². The summed E-state index contributed by atoms with van der Waals surface area (Å²) >= 11 is 1.63. The Labute approximate surface area is 117 Å². The molecule has 2 heterocycles. The van der Waals surface area contributed by atoms with E-state index in [1.54, 1.807) is 11.3 Å². The third-order valence-corrected chi connectivity index (χ3v) is 4.63. The van der Waals surface area contributed by atoms with Crippen LogP contribution in [-0.2, 0) is 14.8 Å². The molecule has 1 aliphatic rings. The normalized spacial score (nSPS) is 19.8. The minimum absolute atomic E-state index is 0.0184. The number of thiophene rings is 1. The molecule has 1 N–H and O–H groups in total. The third-order valence-electron chi connectivity index (χ3n) is 3.20. The van der Waals surface area contributed by atoms with Gasteiger partial charge in [-0.3, -0.25) is 4.79 Å². The quantitative estimate of drug-likeness (QED) is 0.893. The minimum Gasteiger partial charge on any atom is -0.336 e. The van der Waals surface area contributed by atoms with Gasteiger partial charge in [-0.15, -0.1) is 0 Å². The van der Waals surface area contributed by atoms with Crippen molar-refractivity contribution in [2.45, 2.75) is 25.3 Å². The summed E-state index contributed by atoms with van der Waals surface area (Å²) in [6.45, 7) is 0.933. The average Bonchev–Trinajstić information content (AvgIpc) is 2.97. The van der Waals surface area contributed by atoms with Crippen molar-refractivity contribution in [2.75, 3.05) is 19.3 Å². The van der Waals surface area contributed by atoms with Gasteiger partial charge in [-0.25, -0.2) is 13.1 Å². The Kier molecular flexibility index (Phi) is 4.59. The van der Waals surface area contributed by atoms with E-state index in [0.29, 0.717) is 0 Å². The summed E-state index contributed by atoms with van der Waals surface area (Å²) in [5.41, 5.74) is 1.19. The molecule has 1 fully saturated rings. The fraction of sp³-hybridized carbons (Fsp3) is 0.583. The molecule has 1 aromatic heterocycles. The zero-order valence-corrected chi connectivity index (χ0v) is 12.5. The number of nitrogens with zero attached hydrogens (tertiary/aromatic N) is 1. The van der Waals surface area contributed by atoms with Gasteiger partial charge in [0.15, 0.2) is 0 Å². The summed E-state index contributed by atoms with van der Waals surface area (Å²) in [5, 5.41) is 4.09. The van der Waals surface area contributed by atoms with Crippen molar-refractivity contribution in [1.29, 1.82) is 0 Å². The first-order valence-corrected chi connectivity index (χ1v) is 9.07. The third kappa shape index (κ3) is 4.02. The maximum atomic E-state index is 12.1. The molecule has 0 aromatic carbocycles. The van der Waals surface area contributed by atoms with E-state index in [1.165, 1.54) is 5.56 Å². The van der Waals surface area contributed by atoms with Gasteiger partial charge in [0.2, 0.25) is 15.9 Å². The van der Waals surface area contributed by atoms with Crippen molar-refractivity contribution in [2.24, 2.45) is 0 Å². The van der Waals surface area contributed by atoms with Crippen LogP contribution in [0.4, 0.5) is 0 Å². The van der Waals surface area contributed by atoms with Gasteiger partial charge < -0.3 is 4.90 Å². The zero-order valence-electron chi connectivity index (χ0n) is 10.8. The van der Waals surface area contributed by atoms with E-state index in [9.17, 15) is 13.2 Å². The molecule has 1 aromatic rings. The lowest BCUT2D eigenvalue weighted by molar-refractivity contribution is -0.131. The molecular weight excluding hydrogens is 284 g/mol. The van der Waals surface area contributed by atoms with Crippen molar-refractivity contribution >= 4 is 27.3 Å². The molecule has 1 aliphatic heterocycles. The van der Waals surface area contributed by atoms with Gasteiger partial charge in [-0.1, -0.05) is 0 Å². The van der Waals surface area contributed by atoms with E-state index >= 15 is 0 Å². The Morgan fingerprint density at radius 3 is 3.00 bits per heavy atom. The van der Waals surface area contributed by atoms with E-state index in [0.717, 1.165) is 25.6 Å². The molecule has 1 saturated heterocycles. The Morgan fingerprint density at radius 2 is 2.37 bits per heavy atom. The Bertz CT molecular complexity index is 525. The van der Waals surface area contributed by atoms with Crippen LogP contribution in [0, 0.1) is 0 Å². The Morgan fingerprint density at radius 1 is 1.58 bits per heavy atom. The Balaban J connectivity index is 1.91. The van der Waals surface area contributed by atoms with Gasteiger partial charge >= 0.3 is 0 Å². The molecule has 19 heavy (non-hydrogen) atoms. The van der Waals surface area contributed by atoms with Crippen LogP contribution >= 0.6 is 11.3 Å². The topological polar surface area (TPSA) is 66.5 Å². The average molecular weight is 302 g/mol. The van der Waals surface area contributed by atoms with Crippen molar-refractivity contribution in [3.05, 3.63) is 22.4 Å². The number of hydrogen-bond donors (Lipinski definition) is 1. The van der Waals surface area contributed by atoms with E-state index in [4.69, 9.17) is 0 Å². The molecule has 1 atom stereocenters. The molecule has 0 bridgehead atoms. The molecular formula is C12H18N2O3S2. The summed E-state index contributed by atoms with van der Waals surface area (Å²) in [6.07, 6.45) is 3.31. The van der Waals surface area contributed by atoms with Crippen molar-refractivity contribution in [3.8, 4) is 0 Å². The van der Waals surface area contributed by atoms with Gasteiger partial charge in [0.05, 0.1) is 12.3 Å². The second kappa shape index (κ2) is 6.02.